The van der Waals surface area contributed by atoms with Crippen LogP contribution < -0.4 is 5.32 Å². The van der Waals surface area contributed by atoms with Crippen molar-refractivity contribution in [3.8, 4) is 5.69 Å². The van der Waals surface area contributed by atoms with Gasteiger partial charge < -0.3 is 19.5 Å². The molecule has 3 aromatic rings. The van der Waals surface area contributed by atoms with E-state index in [4.69, 9.17) is 44.4 Å². The number of rotatable bonds is 3. The molecule has 32 heavy (non-hydrogen) atoms. The molecular weight excluding hydrogens is 493 g/mol. The molecule has 172 valence electrons. The Morgan fingerprint density at radius 1 is 1.03 bits per heavy atom. The van der Waals surface area contributed by atoms with E-state index < -0.39 is 0 Å². The number of hydrogen-bond donors (Lipinski definition) is 1. The average molecular weight is 517 g/mol. The number of aryl methyl sites for hydroxylation is 1. The minimum atomic E-state index is -0.232. The summed E-state index contributed by atoms with van der Waals surface area (Å²) in [5.74, 6) is 0.455. The molecule has 6 nitrogen and oxygen atoms in total. The number of thioether (sulfide) groups is 1. The molecule has 0 aliphatic rings. The molecule has 0 aliphatic heterocycles. The first kappa shape index (κ1) is 29.7. The number of carbonyl (C=O) groups excluding carboxylic acids is 3. The van der Waals surface area contributed by atoms with E-state index in [-0.39, 0.29) is 5.91 Å². The molecule has 0 fully saturated rings. The van der Waals surface area contributed by atoms with Gasteiger partial charge in [-0.1, -0.05) is 40.9 Å². The topological polar surface area (TPSA) is 81.1 Å². The molecule has 2 aromatic carbocycles. The largest absolute Gasteiger partial charge is 0.354 e. The highest BCUT2D eigenvalue weighted by atomic mass is 35.5. The monoisotopic (exact) mass is 515 g/mol. The lowest BCUT2D eigenvalue weighted by molar-refractivity contribution is -0.0987. The first-order valence-electron chi connectivity index (χ1n) is 8.88. The Hall–Kier alpha value is -2.32. The van der Waals surface area contributed by atoms with Crippen molar-refractivity contribution >= 4 is 66.1 Å². The fraction of sp³-hybridized carbons (Fsp3) is 0.182. The molecule has 0 radical (unpaired) electrons. The molecule has 0 unspecified atom stereocenters. The summed E-state index contributed by atoms with van der Waals surface area (Å²) in [4.78, 5) is 32.9. The molecule has 0 spiro atoms. The van der Waals surface area contributed by atoms with Crippen LogP contribution in [0.5, 0.6) is 0 Å². The first-order valence-corrected chi connectivity index (χ1v) is 11.2. The minimum absolute atomic E-state index is 0.232. The second-order valence-corrected chi connectivity index (χ2v) is 7.95. The van der Waals surface area contributed by atoms with Crippen molar-refractivity contribution in [2.45, 2.75) is 18.7 Å². The third-order valence-corrected chi connectivity index (χ3v) is 5.63. The number of halogens is 3. The number of nitrogens with zero attached hydrogens (tertiary/aromatic N) is 2. The van der Waals surface area contributed by atoms with Gasteiger partial charge in [-0.3, -0.25) is 4.79 Å². The molecule has 0 bridgehead atoms. The summed E-state index contributed by atoms with van der Waals surface area (Å²) >= 11 is 19.5. The maximum atomic E-state index is 11.5. The quantitative estimate of drug-likeness (QED) is 0.442. The van der Waals surface area contributed by atoms with E-state index in [0.29, 0.717) is 21.6 Å². The van der Waals surface area contributed by atoms with Crippen LogP contribution in [-0.2, 0) is 9.59 Å². The van der Waals surface area contributed by atoms with Crippen LogP contribution in [0.15, 0.2) is 47.5 Å². The molecule has 0 saturated heterocycles. The molecule has 1 aromatic heterocycles. The number of hydrogen-bond acceptors (Lipinski definition) is 5. The third-order valence-electron chi connectivity index (χ3n) is 3.91. The van der Waals surface area contributed by atoms with Crippen LogP contribution in [0.4, 0.5) is 0 Å². The van der Waals surface area contributed by atoms with Gasteiger partial charge in [-0.2, -0.15) is 0 Å². The summed E-state index contributed by atoms with van der Waals surface area (Å²) in [6.45, 7) is 7.84. The molecule has 3 rings (SSSR count). The van der Waals surface area contributed by atoms with Gasteiger partial charge in [0, 0.05) is 38.9 Å². The smallest absolute Gasteiger partial charge is 0.271 e. The number of amides is 1. The van der Waals surface area contributed by atoms with Crippen LogP contribution in [0.3, 0.4) is 0 Å². The molecule has 1 heterocycles. The lowest BCUT2D eigenvalue weighted by atomic mass is 10.2. The molecule has 0 atom stereocenters. The average Bonchev–Trinajstić information content (AvgIpc) is 3.19. The van der Waals surface area contributed by atoms with Crippen LogP contribution in [0, 0.1) is 13.8 Å². The van der Waals surface area contributed by atoms with Crippen LogP contribution >= 0.6 is 46.6 Å². The summed E-state index contributed by atoms with van der Waals surface area (Å²) in [5, 5.41) is 4.45. The van der Waals surface area contributed by atoms with Crippen LogP contribution in [0.25, 0.3) is 5.69 Å². The molecular formula is C22H24Cl3N3O3S. The second kappa shape index (κ2) is 15.5. The van der Waals surface area contributed by atoms with E-state index in [1.165, 1.54) is 10.5 Å². The lowest BCUT2D eigenvalue weighted by Gasteiger charge is -2.05. The number of benzene rings is 2. The summed E-state index contributed by atoms with van der Waals surface area (Å²) in [7, 11) is 1.56. The van der Waals surface area contributed by atoms with E-state index in [2.05, 4.69) is 22.6 Å². The SMILES string of the molecule is C=O.C=O.CNC(=O)c1cn(-c2cc(Cl)cc(Cl)c2)c(C)n1.CSc1cccc(Cl)c1C. The Morgan fingerprint density at radius 3 is 2.06 bits per heavy atom. The fourth-order valence-corrected chi connectivity index (χ4v) is 3.83. The number of imidazole rings is 1. The lowest BCUT2D eigenvalue weighted by Crippen LogP contribution is -2.18. The summed E-state index contributed by atoms with van der Waals surface area (Å²) in [6, 6.07) is 11.1. The molecule has 10 heteroatoms. The Labute approximate surface area is 207 Å². The Morgan fingerprint density at radius 2 is 1.59 bits per heavy atom. The van der Waals surface area contributed by atoms with Gasteiger partial charge in [-0.05, 0) is 56.0 Å². The Kier molecular flexibility index (Phi) is 14.4. The van der Waals surface area contributed by atoms with Gasteiger partial charge in [0.1, 0.15) is 25.1 Å². The predicted molar refractivity (Wildman–Crippen MR) is 134 cm³/mol. The second-order valence-electron chi connectivity index (χ2n) is 5.82. The van der Waals surface area contributed by atoms with Gasteiger partial charge >= 0.3 is 0 Å². The van der Waals surface area contributed by atoms with E-state index in [1.807, 2.05) is 32.6 Å². The highest BCUT2D eigenvalue weighted by Gasteiger charge is 2.12. The number of carbonyl (C=O) groups is 3. The van der Waals surface area contributed by atoms with Crippen molar-refractivity contribution in [1.82, 2.24) is 14.9 Å². The van der Waals surface area contributed by atoms with E-state index in [0.717, 1.165) is 10.7 Å². The van der Waals surface area contributed by atoms with Crippen molar-refractivity contribution in [2.24, 2.45) is 0 Å². The maximum Gasteiger partial charge on any atom is 0.271 e. The highest BCUT2D eigenvalue weighted by molar-refractivity contribution is 7.98. The van der Waals surface area contributed by atoms with Gasteiger partial charge in [0.05, 0.1) is 0 Å². The zero-order valence-corrected chi connectivity index (χ0v) is 21.2. The molecule has 1 N–H and O–H groups in total. The van der Waals surface area contributed by atoms with Crippen molar-refractivity contribution in [3.63, 3.8) is 0 Å². The molecule has 1 amide bonds. The number of aromatic nitrogens is 2. The van der Waals surface area contributed by atoms with E-state index in [9.17, 15) is 4.79 Å². The molecule has 0 aliphatic carbocycles. The van der Waals surface area contributed by atoms with Crippen LogP contribution in [0.2, 0.25) is 15.1 Å². The maximum absolute atomic E-state index is 11.5. The Balaban J connectivity index is 0.000000582. The van der Waals surface area contributed by atoms with Crippen molar-refractivity contribution in [3.05, 3.63) is 74.7 Å². The normalized spacial score (nSPS) is 9.22. The summed E-state index contributed by atoms with van der Waals surface area (Å²) in [6.07, 6.45) is 3.70. The van der Waals surface area contributed by atoms with Crippen molar-refractivity contribution in [2.75, 3.05) is 13.3 Å². The van der Waals surface area contributed by atoms with E-state index >= 15 is 0 Å². The number of nitrogens with one attached hydrogen (secondary N) is 1. The predicted octanol–water partition coefficient (Wildman–Crippen LogP) is 5.85. The molecule has 0 saturated carbocycles. The zero-order chi connectivity index (χ0) is 24.8. The standard InChI is InChI=1S/C12H11Cl2N3O.C8H9ClS.2CH2O/c1-7-16-11(12(18)15-2)6-17(7)10-4-8(13)3-9(14)5-10;1-6-7(9)4-3-5-8(6)10-2;2*1-2/h3-6H,1-2H3,(H,15,18);3-5H,1-2H3;2*1H2. The van der Waals surface area contributed by atoms with Crippen LogP contribution in [-0.4, -0.2) is 42.3 Å². The van der Waals surface area contributed by atoms with Gasteiger partial charge in [-0.15, -0.1) is 11.8 Å². The summed E-state index contributed by atoms with van der Waals surface area (Å²) in [5.41, 5.74) is 2.30. The van der Waals surface area contributed by atoms with Gasteiger partial charge in [0.2, 0.25) is 0 Å². The third kappa shape index (κ3) is 8.67. The van der Waals surface area contributed by atoms with Crippen molar-refractivity contribution < 1.29 is 14.4 Å². The van der Waals surface area contributed by atoms with Gasteiger partial charge in [0.15, 0.2) is 0 Å². The fourth-order valence-electron chi connectivity index (χ4n) is 2.46. The van der Waals surface area contributed by atoms with Gasteiger partial charge in [0.25, 0.3) is 5.91 Å². The minimum Gasteiger partial charge on any atom is -0.354 e. The van der Waals surface area contributed by atoms with Gasteiger partial charge in [-0.25, -0.2) is 4.98 Å². The van der Waals surface area contributed by atoms with Crippen LogP contribution in [0.1, 0.15) is 21.9 Å². The highest BCUT2D eigenvalue weighted by Crippen LogP contribution is 2.25. The van der Waals surface area contributed by atoms with E-state index in [1.54, 1.807) is 54.7 Å². The first-order chi connectivity index (χ1) is 15.3. The Bertz CT molecular complexity index is 1010. The summed E-state index contributed by atoms with van der Waals surface area (Å²) < 4.78 is 1.77. The zero-order valence-electron chi connectivity index (χ0n) is 18.1. The van der Waals surface area contributed by atoms with Crippen molar-refractivity contribution in [1.29, 1.82) is 0 Å².